The van der Waals surface area contributed by atoms with Gasteiger partial charge in [0, 0.05) is 25.3 Å². The summed E-state index contributed by atoms with van der Waals surface area (Å²) in [5.74, 6) is 0.291. The van der Waals surface area contributed by atoms with Gasteiger partial charge in [0.05, 0.1) is 10.9 Å². The van der Waals surface area contributed by atoms with Crippen LogP contribution < -0.4 is 9.62 Å². The van der Waals surface area contributed by atoms with Gasteiger partial charge in [-0.3, -0.25) is 4.79 Å². The van der Waals surface area contributed by atoms with Crippen molar-refractivity contribution in [2.45, 2.75) is 77.4 Å². The number of sulfonamides is 1. The van der Waals surface area contributed by atoms with Crippen LogP contribution in [0.4, 0.5) is 5.69 Å². The molecule has 0 saturated heterocycles. The first-order valence-electron chi connectivity index (χ1n) is 13.4. The lowest BCUT2D eigenvalue weighted by atomic mass is 9.65. The van der Waals surface area contributed by atoms with E-state index < -0.39 is 21.2 Å². The highest BCUT2D eigenvalue weighted by Crippen LogP contribution is 2.43. The average Bonchev–Trinajstić information content (AvgIpc) is 2.80. The highest BCUT2D eigenvalue weighted by atomic mass is 32.2. The number of nitrogens with zero attached hydrogens (tertiary/aromatic N) is 1. The third kappa shape index (κ3) is 7.03. The Hall–Kier alpha value is -2.06. The van der Waals surface area contributed by atoms with Crippen LogP contribution >= 0.6 is 0 Å². The molecule has 1 aromatic carbocycles. The van der Waals surface area contributed by atoms with Crippen molar-refractivity contribution in [3.63, 3.8) is 0 Å². The van der Waals surface area contributed by atoms with E-state index in [-0.39, 0.29) is 29.8 Å². The van der Waals surface area contributed by atoms with E-state index in [0.29, 0.717) is 24.1 Å². The molecule has 3 rings (SSSR count). The van der Waals surface area contributed by atoms with E-state index >= 15 is 0 Å². The summed E-state index contributed by atoms with van der Waals surface area (Å²) in [7, 11) is -3.87. The number of fused-ring (bicyclic) bond motifs is 3. The Bertz CT molecular complexity index is 1020. The van der Waals surface area contributed by atoms with E-state index in [9.17, 15) is 23.4 Å². The summed E-state index contributed by atoms with van der Waals surface area (Å²) in [5, 5.41) is 20.2. The van der Waals surface area contributed by atoms with Gasteiger partial charge in [0.25, 0.3) is 5.91 Å². The largest absolute Gasteiger partial charge is 0.506 e. The van der Waals surface area contributed by atoms with Crippen molar-refractivity contribution in [1.29, 1.82) is 0 Å². The zero-order valence-electron chi connectivity index (χ0n) is 22.1. The topological polar surface area (TPSA) is 107 Å². The zero-order chi connectivity index (χ0) is 26.5. The van der Waals surface area contributed by atoms with Gasteiger partial charge in [-0.1, -0.05) is 18.9 Å². The number of amides is 1. The Morgan fingerprint density at radius 2 is 1.92 bits per heavy atom. The van der Waals surface area contributed by atoms with Crippen molar-refractivity contribution < 1.29 is 23.4 Å². The lowest BCUT2D eigenvalue weighted by Crippen LogP contribution is -2.43. The van der Waals surface area contributed by atoms with Crippen LogP contribution in [0.2, 0.25) is 0 Å². The number of carbonyl (C=O) groups is 1. The molecule has 0 aromatic heterocycles. The summed E-state index contributed by atoms with van der Waals surface area (Å²) < 4.78 is 28.2. The van der Waals surface area contributed by atoms with Crippen LogP contribution in [-0.4, -0.2) is 49.5 Å². The first kappa shape index (κ1) is 28.5. The number of unbranched alkanes of at least 4 members (excludes halogenated alkanes) is 1. The smallest absolute Gasteiger partial charge is 0.264 e. The Morgan fingerprint density at radius 3 is 2.56 bits per heavy atom. The predicted octanol–water partition coefficient (Wildman–Crippen LogP) is 4.85. The first-order valence-corrected chi connectivity index (χ1v) is 15.0. The van der Waals surface area contributed by atoms with Gasteiger partial charge in [-0.15, -0.1) is 6.58 Å². The second kappa shape index (κ2) is 12.5. The minimum Gasteiger partial charge on any atom is -0.506 e. The number of carbonyl (C=O) groups excluding carboxylic acids is 1. The van der Waals surface area contributed by atoms with Crippen LogP contribution in [0.5, 0.6) is 5.75 Å². The van der Waals surface area contributed by atoms with Gasteiger partial charge >= 0.3 is 0 Å². The second-order valence-corrected chi connectivity index (χ2v) is 13.1. The summed E-state index contributed by atoms with van der Waals surface area (Å²) in [4.78, 5) is 15.1. The quantitative estimate of drug-likeness (QED) is 0.366. The highest BCUT2D eigenvalue weighted by Gasteiger charge is 2.38. The van der Waals surface area contributed by atoms with Crippen molar-refractivity contribution in [2.75, 3.05) is 24.6 Å². The van der Waals surface area contributed by atoms with Gasteiger partial charge in [0.1, 0.15) is 5.75 Å². The molecule has 1 fully saturated rings. The van der Waals surface area contributed by atoms with Gasteiger partial charge in [-0.05, 0) is 101 Å². The lowest BCUT2D eigenvalue weighted by Gasteiger charge is -2.44. The van der Waals surface area contributed by atoms with Crippen LogP contribution in [-0.2, 0) is 10.0 Å². The lowest BCUT2D eigenvalue weighted by molar-refractivity contribution is 0.0575. The fourth-order valence-corrected chi connectivity index (χ4v) is 6.96. The van der Waals surface area contributed by atoms with Crippen LogP contribution in [0, 0.1) is 23.7 Å². The molecule has 1 saturated carbocycles. The third-order valence-electron chi connectivity index (χ3n) is 8.39. The van der Waals surface area contributed by atoms with Crippen LogP contribution in [0.1, 0.15) is 82.5 Å². The maximum Gasteiger partial charge on any atom is 0.264 e. The van der Waals surface area contributed by atoms with Gasteiger partial charge < -0.3 is 15.1 Å². The third-order valence-corrected chi connectivity index (χ3v) is 10.3. The van der Waals surface area contributed by atoms with Gasteiger partial charge in [-0.2, -0.15) is 0 Å². The molecule has 5 atom stereocenters. The number of aliphatic hydroxyl groups is 1. The molecule has 8 heteroatoms. The van der Waals surface area contributed by atoms with Crippen molar-refractivity contribution in [2.24, 2.45) is 23.7 Å². The maximum atomic E-state index is 13.0. The number of benzene rings is 1. The molecule has 1 aromatic rings. The van der Waals surface area contributed by atoms with E-state index in [1.807, 2.05) is 13.8 Å². The second-order valence-electron chi connectivity index (χ2n) is 11.1. The summed E-state index contributed by atoms with van der Waals surface area (Å²) in [6, 6.07) is 4.55. The molecule has 1 aliphatic heterocycles. The molecule has 2 bridgehead atoms. The van der Waals surface area contributed by atoms with E-state index in [2.05, 4.69) is 16.2 Å². The Labute approximate surface area is 217 Å². The van der Waals surface area contributed by atoms with Crippen molar-refractivity contribution >= 4 is 21.6 Å². The minimum atomic E-state index is -3.87. The van der Waals surface area contributed by atoms with E-state index in [1.54, 1.807) is 13.0 Å². The molecule has 1 aliphatic carbocycles. The molecule has 0 radical (unpaired) electrons. The molecule has 7 nitrogen and oxygen atoms in total. The normalized spacial score (nSPS) is 29.1. The maximum absolute atomic E-state index is 13.0. The molecule has 36 heavy (non-hydrogen) atoms. The summed E-state index contributed by atoms with van der Waals surface area (Å²) in [6.45, 7) is 11.1. The summed E-state index contributed by atoms with van der Waals surface area (Å²) >= 11 is 0. The molecular weight excluding hydrogens is 476 g/mol. The first-order chi connectivity index (χ1) is 17.0. The number of hydrogen-bond acceptors (Lipinski definition) is 6. The molecule has 2 aliphatic rings. The molecule has 202 valence electrons. The summed E-state index contributed by atoms with van der Waals surface area (Å²) in [6.07, 6.45) is 7.41. The van der Waals surface area contributed by atoms with Crippen LogP contribution in [0.15, 0.2) is 30.4 Å². The molecule has 0 spiro atoms. The molecule has 1 amide bonds. The van der Waals surface area contributed by atoms with E-state index in [4.69, 9.17) is 0 Å². The van der Waals surface area contributed by atoms with Gasteiger partial charge in [0.2, 0.25) is 10.0 Å². The Kier molecular flexibility index (Phi) is 9.86. The summed E-state index contributed by atoms with van der Waals surface area (Å²) in [5.41, 5.74) is 1.90. The standard InChI is InChI=1S/C28H44N2O5S/c1-19(2)8-5-6-15-30-17-23-11-13-25(23)24(18-31)10-7-9-20(3)21(4)36(34,35)29-28(33)22-12-14-27(32)26(30)16-22/h12,14,16,20-21,23-25,31-32H,1,5-11,13,15,17-18H2,2-4H3,(H,29,33)/t20?,21?,23?,24-,25?/m0/s1. The van der Waals surface area contributed by atoms with Crippen LogP contribution in [0.25, 0.3) is 0 Å². The molecule has 3 N–H and O–H groups in total. The predicted molar refractivity (Wildman–Crippen MR) is 145 cm³/mol. The van der Waals surface area contributed by atoms with Crippen LogP contribution in [0.3, 0.4) is 0 Å². The van der Waals surface area contributed by atoms with E-state index in [0.717, 1.165) is 63.5 Å². The number of aromatic hydroxyl groups is 1. The zero-order valence-corrected chi connectivity index (χ0v) is 22.9. The highest BCUT2D eigenvalue weighted by molar-refractivity contribution is 7.90. The Balaban J connectivity index is 1.95. The number of phenolic OH excluding ortho intramolecular Hbond substituents is 1. The minimum absolute atomic E-state index is 0.0759. The number of allylic oxidation sites excluding steroid dienone is 1. The fourth-order valence-electron chi connectivity index (χ4n) is 5.65. The van der Waals surface area contributed by atoms with Crippen molar-refractivity contribution in [1.82, 2.24) is 4.72 Å². The van der Waals surface area contributed by atoms with E-state index in [1.165, 1.54) is 12.1 Å². The SMILES string of the molecule is C=C(C)CCCCN1CC2CCC2[C@H](CO)CCCC(C)C(C)S(=O)(=O)NC(=O)c2ccc(O)c1c2. The number of hydrogen-bond donors (Lipinski definition) is 3. The van der Waals surface area contributed by atoms with Gasteiger partial charge in [-0.25, -0.2) is 13.1 Å². The average molecular weight is 521 g/mol. The number of nitrogens with one attached hydrogen (secondary N) is 1. The number of aliphatic hydroxyl groups excluding tert-OH is 1. The molecular formula is C28H44N2O5S. The number of rotatable bonds is 6. The molecule has 4 unspecified atom stereocenters. The molecule has 1 heterocycles. The fraction of sp³-hybridized carbons (Fsp3) is 0.679. The monoisotopic (exact) mass is 520 g/mol. The van der Waals surface area contributed by atoms with Crippen molar-refractivity contribution in [3.8, 4) is 5.75 Å². The van der Waals surface area contributed by atoms with Gasteiger partial charge in [0.15, 0.2) is 0 Å². The van der Waals surface area contributed by atoms with Crippen molar-refractivity contribution in [3.05, 3.63) is 35.9 Å². The number of anilines is 1. The Morgan fingerprint density at radius 1 is 1.17 bits per heavy atom. The number of phenols is 1.